The van der Waals surface area contributed by atoms with Crippen molar-refractivity contribution in [3.63, 3.8) is 0 Å². The average molecular weight is 507 g/mol. The predicted molar refractivity (Wildman–Crippen MR) is 123 cm³/mol. The minimum atomic E-state index is -0.864. The second-order valence-corrected chi connectivity index (χ2v) is 10.6. The number of nitrogens with zero attached hydrogens (tertiary/aromatic N) is 3. The molecular weight excluding hydrogens is 483 g/mol. The van der Waals surface area contributed by atoms with Gasteiger partial charge in [0.1, 0.15) is 35.5 Å². The molecule has 8 nitrogen and oxygen atoms in total. The van der Waals surface area contributed by atoms with E-state index in [1.165, 1.54) is 23.4 Å². The number of nitrogens with one attached hydrogen (secondary N) is 1. The van der Waals surface area contributed by atoms with E-state index in [4.69, 9.17) is 16.3 Å². The fourth-order valence-electron chi connectivity index (χ4n) is 5.16. The number of alkyl halides is 1. The predicted octanol–water partition coefficient (Wildman–Crippen LogP) is 2.81. The van der Waals surface area contributed by atoms with Crippen LogP contribution in [0.15, 0.2) is 24.5 Å². The second kappa shape index (κ2) is 9.67. The van der Waals surface area contributed by atoms with Gasteiger partial charge in [-0.1, -0.05) is 19.3 Å². The number of hydrogen-bond donors (Lipinski definition) is 1. The molecule has 5 rings (SSSR count). The Hall–Kier alpha value is -2.43. The molecule has 4 heterocycles. The van der Waals surface area contributed by atoms with E-state index in [-0.39, 0.29) is 35.6 Å². The van der Waals surface area contributed by atoms with Crippen LogP contribution in [0.1, 0.15) is 41.8 Å². The maximum atomic E-state index is 14.8. The van der Waals surface area contributed by atoms with Crippen LogP contribution in [-0.2, 0) is 14.3 Å². The number of thiophene rings is 1. The van der Waals surface area contributed by atoms with Crippen molar-refractivity contribution in [2.75, 3.05) is 13.2 Å². The normalized spacial score (nSPS) is 25.9. The summed E-state index contributed by atoms with van der Waals surface area (Å²) >= 11 is 7.37. The fourth-order valence-corrected chi connectivity index (χ4v) is 6.45. The fraction of sp³-hybridized carbons (Fsp3) is 0.522. The van der Waals surface area contributed by atoms with E-state index in [2.05, 4.69) is 15.5 Å². The van der Waals surface area contributed by atoms with Gasteiger partial charge in [0.05, 0.1) is 17.8 Å². The van der Waals surface area contributed by atoms with E-state index in [0.717, 1.165) is 43.4 Å². The van der Waals surface area contributed by atoms with E-state index in [0.29, 0.717) is 10.4 Å². The van der Waals surface area contributed by atoms with Crippen LogP contribution in [-0.4, -0.2) is 69.4 Å². The second-order valence-electron chi connectivity index (χ2n) is 8.96. The number of halogens is 2. The first-order chi connectivity index (χ1) is 16.4. The molecule has 2 saturated heterocycles. The third-order valence-corrected chi connectivity index (χ3v) is 8.39. The van der Waals surface area contributed by atoms with Crippen LogP contribution in [0, 0.1) is 11.7 Å². The third kappa shape index (κ3) is 4.34. The molecule has 2 aromatic heterocycles. The first kappa shape index (κ1) is 23.3. The molecule has 11 heteroatoms. The van der Waals surface area contributed by atoms with Crippen molar-refractivity contribution < 1.29 is 23.5 Å². The first-order valence-electron chi connectivity index (χ1n) is 11.4. The molecule has 180 valence electrons. The Kier molecular flexibility index (Phi) is 6.63. The summed E-state index contributed by atoms with van der Waals surface area (Å²) in [6.07, 6.45) is 6.96. The van der Waals surface area contributed by atoms with Gasteiger partial charge in [-0.3, -0.25) is 14.4 Å². The van der Waals surface area contributed by atoms with Gasteiger partial charge in [0, 0.05) is 17.0 Å². The van der Waals surface area contributed by atoms with Gasteiger partial charge in [-0.2, -0.15) is 10.2 Å². The minimum Gasteiger partial charge on any atom is -0.366 e. The molecule has 4 unspecified atom stereocenters. The number of hydrogen-bond acceptors (Lipinski definition) is 7. The average Bonchev–Trinajstić information content (AvgIpc) is 3.53. The minimum absolute atomic E-state index is 0.0736. The van der Waals surface area contributed by atoms with Crippen molar-refractivity contribution in [1.82, 2.24) is 20.4 Å². The van der Waals surface area contributed by atoms with Gasteiger partial charge in [-0.25, -0.2) is 4.39 Å². The summed E-state index contributed by atoms with van der Waals surface area (Å²) in [6, 6.07) is 1.37. The molecule has 2 aromatic rings. The lowest BCUT2D eigenvalue weighted by molar-refractivity contribution is -0.139. The Morgan fingerprint density at radius 3 is 2.79 bits per heavy atom. The Morgan fingerprint density at radius 1 is 1.26 bits per heavy atom. The number of Topliss-reactive ketones (excluding diaryl/α,β-unsaturated/α-hetero) is 1. The molecule has 3 aliphatic rings. The van der Waals surface area contributed by atoms with Crippen molar-refractivity contribution in [3.05, 3.63) is 35.2 Å². The van der Waals surface area contributed by atoms with Crippen molar-refractivity contribution >= 4 is 40.5 Å². The molecule has 0 spiro atoms. The smallest absolute Gasteiger partial charge is 0.265 e. The molecule has 34 heavy (non-hydrogen) atoms. The first-order valence-corrected chi connectivity index (χ1v) is 12.7. The Labute approximate surface area is 204 Å². The lowest BCUT2D eigenvalue weighted by atomic mass is 9.83. The van der Waals surface area contributed by atoms with E-state index in [1.54, 1.807) is 6.07 Å². The zero-order valence-corrected chi connectivity index (χ0v) is 19.9. The summed E-state index contributed by atoms with van der Waals surface area (Å²) < 4.78 is 20.3. The van der Waals surface area contributed by atoms with Crippen molar-refractivity contribution in [2.24, 2.45) is 5.92 Å². The topological polar surface area (TPSA) is 101 Å². The standard InChI is InChI=1S/C23H24ClFN4O4S/c24-14-10-29(19-16(30)11-33-20(14)19)23(32)18(12-4-2-1-3-5-12)28-22(31)21-15(25)8-17(34-21)13-6-7-26-27-9-13/h6-9,12,14,18-20H,1-5,10-11H2,(H,28,31). The number of carbonyl (C=O) groups is 3. The monoisotopic (exact) mass is 506 g/mol. The number of carbonyl (C=O) groups excluding carboxylic acids is 3. The Bertz CT molecular complexity index is 1090. The van der Waals surface area contributed by atoms with Gasteiger partial charge in [0.2, 0.25) is 5.91 Å². The summed E-state index contributed by atoms with van der Waals surface area (Å²) in [5.41, 5.74) is 0.647. The molecular formula is C23H24ClFN4O4S. The zero-order chi connectivity index (χ0) is 23.8. The summed E-state index contributed by atoms with van der Waals surface area (Å²) in [4.78, 5) is 41.2. The molecule has 2 amide bonds. The molecule has 0 aromatic carbocycles. The lowest BCUT2D eigenvalue weighted by Gasteiger charge is -2.34. The van der Waals surface area contributed by atoms with Crippen LogP contribution in [0.4, 0.5) is 4.39 Å². The van der Waals surface area contributed by atoms with Crippen LogP contribution in [0.3, 0.4) is 0 Å². The summed E-state index contributed by atoms with van der Waals surface area (Å²) in [7, 11) is 0. The molecule has 3 fully saturated rings. The highest BCUT2D eigenvalue weighted by Crippen LogP contribution is 2.35. The van der Waals surface area contributed by atoms with Crippen molar-refractivity contribution in [3.8, 4) is 10.4 Å². The Balaban J connectivity index is 1.40. The maximum Gasteiger partial charge on any atom is 0.265 e. The number of ketones is 1. The van der Waals surface area contributed by atoms with Crippen LogP contribution < -0.4 is 5.32 Å². The number of likely N-dealkylation sites (tertiary alicyclic amines) is 1. The Morgan fingerprint density at radius 2 is 2.06 bits per heavy atom. The van der Waals surface area contributed by atoms with Crippen molar-refractivity contribution in [1.29, 1.82) is 0 Å². The molecule has 1 saturated carbocycles. The number of ether oxygens (including phenoxy) is 1. The lowest BCUT2D eigenvalue weighted by Crippen LogP contribution is -2.55. The number of aromatic nitrogens is 2. The molecule has 0 bridgehead atoms. The largest absolute Gasteiger partial charge is 0.366 e. The summed E-state index contributed by atoms with van der Waals surface area (Å²) in [5.74, 6) is -1.94. The van der Waals surface area contributed by atoms with E-state index < -0.39 is 35.3 Å². The summed E-state index contributed by atoms with van der Waals surface area (Å²) in [6.45, 7) is 0.100. The van der Waals surface area contributed by atoms with E-state index in [1.807, 2.05) is 0 Å². The number of amides is 2. The van der Waals surface area contributed by atoms with Crippen LogP contribution in [0.5, 0.6) is 0 Å². The molecule has 4 atom stereocenters. The highest BCUT2D eigenvalue weighted by molar-refractivity contribution is 7.17. The third-order valence-electron chi connectivity index (χ3n) is 6.84. The molecule has 0 radical (unpaired) electrons. The molecule has 2 aliphatic heterocycles. The quantitative estimate of drug-likeness (QED) is 0.626. The molecule has 1 aliphatic carbocycles. The van der Waals surface area contributed by atoms with Crippen LogP contribution in [0.2, 0.25) is 0 Å². The van der Waals surface area contributed by atoms with E-state index >= 15 is 0 Å². The zero-order valence-electron chi connectivity index (χ0n) is 18.3. The van der Waals surface area contributed by atoms with Crippen molar-refractivity contribution in [2.45, 2.75) is 55.7 Å². The number of rotatable bonds is 5. The van der Waals surface area contributed by atoms with Gasteiger partial charge in [0.25, 0.3) is 5.91 Å². The van der Waals surface area contributed by atoms with E-state index in [9.17, 15) is 18.8 Å². The van der Waals surface area contributed by atoms with Gasteiger partial charge >= 0.3 is 0 Å². The van der Waals surface area contributed by atoms with Gasteiger partial charge < -0.3 is 15.0 Å². The van der Waals surface area contributed by atoms with Gasteiger partial charge in [0.15, 0.2) is 5.78 Å². The highest BCUT2D eigenvalue weighted by atomic mass is 35.5. The van der Waals surface area contributed by atoms with Crippen LogP contribution in [0.25, 0.3) is 10.4 Å². The van der Waals surface area contributed by atoms with Crippen LogP contribution >= 0.6 is 22.9 Å². The summed E-state index contributed by atoms with van der Waals surface area (Å²) in [5, 5.41) is 9.83. The SMILES string of the molecule is O=C(NC(C(=O)N1CC(Cl)C2OCC(=O)C21)C1CCCCC1)c1sc(-c2ccnnc2)cc1F. The maximum absolute atomic E-state index is 14.8. The molecule has 1 N–H and O–H groups in total. The number of fused-ring (bicyclic) bond motifs is 1. The van der Waals surface area contributed by atoms with Gasteiger partial charge in [-0.15, -0.1) is 22.9 Å². The highest BCUT2D eigenvalue weighted by Gasteiger charge is 2.53. The van der Waals surface area contributed by atoms with Gasteiger partial charge in [-0.05, 0) is 30.9 Å².